The summed E-state index contributed by atoms with van der Waals surface area (Å²) >= 11 is 0. The Morgan fingerprint density at radius 1 is 0.467 bits per heavy atom. The molecule has 0 radical (unpaired) electrons. The zero-order valence-corrected chi connectivity index (χ0v) is 51.2. The predicted octanol–water partition coefficient (Wildman–Crippen LogP) is 19.7. The van der Waals surface area contributed by atoms with Crippen molar-refractivity contribution >= 4 is 19.7 Å². The molecular weight excluding hydrogens is 952 g/mol. The second-order valence-electron chi connectivity index (χ2n) is 22.9. The Morgan fingerprint density at radius 3 is 1.24 bits per heavy atom. The Morgan fingerprint density at radius 2 is 0.813 bits per heavy atom. The lowest BCUT2D eigenvalue weighted by atomic mass is 10.0. The summed E-state index contributed by atoms with van der Waals surface area (Å²) in [6.45, 7) is 7.01. The van der Waals surface area contributed by atoms with Gasteiger partial charge in [0.1, 0.15) is 19.3 Å². The Hall–Kier alpha value is -2.03. The monoisotopic (exact) mass is 1080 g/mol. The van der Waals surface area contributed by atoms with Crippen molar-refractivity contribution < 1.29 is 37.3 Å². The smallest absolute Gasteiger partial charge is 0.456 e. The minimum atomic E-state index is -4.45. The van der Waals surface area contributed by atoms with Crippen LogP contribution in [0.5, 0.6) is 0 Å². The van der Waals surface area contributed by atoms with Crippen LogP contribution in [0.25, 0.3) is 0 Å². The van der Waals surface area contributed by atoms with E-state index in [1.54, 1.807) is 0 Å². The van der Waals surface area contributed by atoms with Crippen LogP contribution >= 0.6 is 7.82 Å². The molecule has 0 aromatic carbocycles. The van der Waals surface area contributed by atoms with Gasteiger partial charge in [-0.3, -0.25) is 18.6 Å². The van der Waals surface area contributed by atoms with Crippen molar-refractivity contribution in [1.29, 1.82) is 0 Å². The average Bonchev–Trinajstić information content (AvgIpc) is 3.37. The number of esters is 1. The molecular formula is C65H124N2O7P+. The number of likely N-dealkylation sites (N-methyl/N-ethyl adjacent to an activating group) is 1. The molecule has 75 heavy (non-hydrogen) atoms. The maximum Gasteiger partial charge on any atom is 0.472 e. The molecule has 0 saturated carbocycles. The fourth-order valence-corrected chi connectivity index (χ4v) is 10.00. The number of nitrogens with zero attached hydrogens (tertiary/aromatic N) is 1. The summed E-state index contributed by atoms with van der Waals surface area (Å²) in [5.74, 6) is -0.505. The fraction of sp³-hybridized carbons (Fsp3) is 0.846. The van der Waals surface area contributed by atoms with Gasteiger partial charge in [-0.2, -0.15) is 0 Å². The molecule has 3 atom stereocenters. The second kappa shape index (κ2) is 55.3. The highest BCUT2D eigenvalue weighted by molar-refractivity contribution is 7.47. The molecule has 0 fully saturated rings. The summed E-state index contributed by atoms with van der Waals surface area (Å²) < 4.78 is 30.7. The van der Waals surface area contributed by atoms with Crippen molar-refractivity contribution in [2.75, 3.05) is 40.9 Å². The number of carbonyl (C=O) groups is 2. The summed E-state index contributed by atoms with van der Waals surface area (Å²) in [6.07, 6.45) is 68.1. The first kappa shape index (κ1) is 73.0. The van der Waals surface area contributed by atoms with Crippen LogP contribution in [0.1, 0.15) is 303 Å². The Kier molecular flexibility index (Phi) is 53.8. The first-order valence-corrected chi connectivity index (χ1v) is 33.5. The third-order valence-corrected chi connectivity index (χ3v) is 15.2. The van der Waals surface area contributed by atoms with Gasteiger partial charge in [0.2, 0.25) is 5.91 Å². The first-order chi connectivity index (χ1) is 36.4. The van der Waals surface area contributed by atoms with Gasteiger partial charge < -0.3 is 19.4 Å². The van der Waals surface area contributed by atoms with Gasteiger partial charge in [0.15, 0.2) is 0 Å². The van der Waals surface area contributed by atoms with Crippen LogP contribution < -0.4 is 5.32 Å². The van der Waals surface area contributed by atoms with E-state index in [9.17, 15) is 19.0 Å². The van der Waals surface area contributed by atoms with Gasteiger partial charge in [0.25, 0.3) is 0 Å². The van der Waals surface area contributed by atoms with Gasteiger partial charge in [-0.25, -0.2) is 4.57 Å². The molecule has 1 amide bonds. The molecule has 0 bridgehead atoms. The van der Waals surface area contributed by atoms with E-state index in [2.05, 4.69) is 62.5 Å². The van der Waals surface area contributed by atoms with Crippen molar-refractivity contribution in [3.8, 4) is 0 Å². The van der Waals surface area contributed by atoms with E-state index < -0.39 is 20.0 Å². The molecule has 0 heterocycles. The fourth-order valence-electron chi connectivity index (χ4n) is 9.26. The van der Waals surface area contributed by atoms with Crippen LogP contribution in [0.15, 0.2) is 48.6 Å². The Bertz CT molecular complexity index is 1420. The number of hydrogen-bond donors (Lipinski definition) is 2. The largest absolute Gasteiger partial charge is 0.472 e. The van der Waals surface area contributed by atoms with Crippen LogP contribution in [0, 0.1) is 0 Å². The predicted molar refractivity (Wildman–Crippen MR) is 323 cm³/mol. The molecule has 10 heteroatoms. The highest BCUT2D eigenvalue weighted by Crippen LogP contribution is 2.43. The summed E-state index contributed by atoms with van der Waals surface area (Å²) in [5, 5.41) is 3.06. The SMILES string of the molecule is CCCCC/C=C\C/C=C\CCCCCCCCCCCC(=O)NC(COP(=O)(O)OCC[N+](C)(C)C)C(/C=C/CCCCCCCCCCCCC)OC(=O)CCCCCCCCC/C=C/CCCCCCCC. The van der Waals surface area contributed by atoms with Crippen LogP contribution in [0.2, 0.25) is 0 Å². The average molecular weight is 1080 g/mol. The van der Waals surface area contributed by atoms with Crippen LogP contribution in [-0.4, -0.2) is 74.3 Å². The molecule has 0 aromatic heterocycles. The lowest BCUT2D eigenvalue weighted by Crippen LogP contribution is -2.47. The van der Waals surface area contributed by atoms with Crippen molar-refractivity contribution in [3.05, 3.63) is 48.6 Å². The molecule has 0 saturated heterocycles. The van der Waals surface area contributed by atoms with Crippen molar-refractivity contribution in [3.63, 3.8) is 0 Å². The Balaban J connectivity index is 5.26. The molecule has 440 valence electrons. The van der Waals surface area contributed by atoms with Crippen molar-refractivity contribution in [2.24, 2.45) is 0 Å². The molecule has 0 aliphatic carbocycles. The normalized spacial score (nSPS) is 14.0. The van der Waals surface area contributed by atoms with E-state index in [0.717, 1.165) is 64.2 Å². The van der Waals surface area contributed by atoms with E-state index in [4.69, 9.17) is 13.8 Å². The number of unbranched alkanes of at least 4 members (excludes halogenated alkanes) is 36. The number of carbonyl (C=O) groups excluding carboxylic acids is 2. The number of amides is 1. The van der Waals surface area contributed by atoms with Crippen molar-refractivity contribution in [2.45, 2.75) is 315 Å². The number of allylic oxidation sites excluding steroid dienone is 7. The van der Waals surface area contributed by atoms with Gasteiger partial charge in [-0.1, -0.05) is 250 Å². The number of phosphoric ester groups is 1. The molecule has 9 nitrogen and oxygen atoms in total. The molecule has 0 aromatic rings. The van der Waals surface area contributed by atoms with Crippen LogP contribution in [-0.2, 0) is 27.9 Å². The van der Waals surface area contributed by atoms with E-state index >= 15 is 0 Å². The third-order valence-electron chi connectivity index (χ3n) is 14.2. The van der Waals surface area contributed by atoms with Gasteiger partial charge in [-0.15, -0.1) is 0 Å². The zero-order chi connectivity index (χ0) is 55.0. The number of hydrogen-bond acceptors (Lipinski definition) is 6. The topological polar surface area (TPSA) is 111 Å². The zero-order valence-electron chi connectivity index (χ0n) is 50.3. The lowest BCUT2D eigenvalue weighted by Gasteiger charge is -2.27. The minimum Gasteiger partial charge on any atom is -0.456 e. The second-order valence-corrected chi connectivity index (χ2v) is 24.4. The molecule has 2 N–H and O–H groups in total. The highest BCUT2D eigenvalue weighted by atomic mass is 31.2. The number of nitrogens with one attached hydrogen (secondary N) is 1. The Labute approximate surface area is 465 Å². The minimum absolute atomic E-state index is 0.0391. The maximum absolute atomic E-state index is 13.6. The lowest BCUT2D eigenvalue weighted by molar-refractivity contribution is -0.870. The molecule has 0 aliphatic rings. The van der Waals surface area contributed by atoms with Gasteiger partial charge in [0, 0.05) is 12.8 Å². The number of phosphoric acid groups is 1. The molecule has 0 rings (SSSR count). The van der Waals surface area contributed by atoms with E-state index in [1.807, 2.05) is 33.3 Å². The summed E-state index contributed by atoms with van der Waals surface area (Å²) in [4.78, 5) is 37.8. The first-order valence-electron chi connectivity index (χ1n) is 32.0. The molecule has 0 spiro atoms. The standard InChI is InChI=1S/C65H123N2O7P/c1-7-10-13-16-19-22-25-28-30-32-33-35-36-39-42-45-48-51-54-57-64(68)66-62(61-73-75(70,71)72-60-59-67(4,5)6)63(56-53-50-47-44-41-38-27-24-21-18-15-12-9-3)74-65(69)58-55-52-49-46-43-40-37-34-31-29-26-23-20-17-14-11-8-2/h19,22,28-31,53,56,62-63H,7-18,20-21,23-27,32-52,54-55,57-61H2,1-6H3,(H-,66,68,70,71)/p+1/b22-19-,30-28-,31-29+,56-53+. The van der Waals surface area contributed by atoms with Crippen molar-refractivity contribution in [1.82, 2.24) is 5.32 Å². The molecule has 0 aliphatic heterocycles. The van der Waals surface area contributed by atoms with Crippen LogP contribution in [0.4, 0.5) is 0 Å². The summed E-state index contributed by atoms with van der Waals surface area (Å²) in [6, 6.07) is -0.851. The summed E-state index contributed by atoms with van der Waals surface area (Å²) in [7, 11) is 1.50. The number of quaternary nitrogens is 1. The quantitative estimate of drug-likeness (QED) is 0.0205. The van der Waals surface area contributed by atoms with E-state index in [-0.39, 0.29) is 31.5 Å². The van der Waals surface area contributed by atoms with Gasteiger partial charge >= 0.3 is 13.8 Å². The summed E-state index contributed by atoms with van der Waals surface area (Å²) in [5.41, 5.74) is 0. The number of rotatable bonds is 58. The maximum atomic E-state index is 13.6. The van der Waals surface area contributed by atoms with E-state index in [0.29, 0.717) is 17.4 Å². The third kappa shape index (κ3) is 56.5. The van der Waals surface area contributed by atoms with Crippen LogP contribution in [0.3, 0.4) is 0 Å². The highest BCUT2D eigenvalue weighted by Gasteiger charge is 2.30. The van der Waals surface area contributed by atoms with Gasteiger partial charge in [-0.05, 0) is 89.5 Å². The molecule has 3 unspecified atom stereocenters. The number of ether oxygens (including phenoxy) is 1. The van der Waals surface area contributed by atoms with E-state index in [1.165, 1.54) is 205 Å². The van der Waals surface area contributed by atoms with Gasteiger partial charge in [0.05, 0.1) is 33.8 Å².